The third-order valence-electron chi connectivity index (χ3n) is 4.45. The van der Waals surface area contributed by atoms with E-state index in [2.05, 4.69) is 0 Å². The van der Waals surface area contributed by atoms with Gasteiger partial charge in [-0.3, -0.25) is 0 Å². The van der Waals surface area contributed by atoms with Crippen molar-refractivity contribution >= 4 is 0 Å². The van der Waals surface area contributed by atoms with E-state index in [9.17, 15) is 10.2 Å². The first-order valence-electron chi connectivity index (χ1n) is 5.13. The number of aliphatic hydroxyl groups is 2. The van der Waals surface area contributed by atoms with E-state index in [1.165, 1.54) is 12.8 Å². The Labute approximate surface area is 72.6 Å². The van der Waals surface area contributed by atoms with Crippen molar-refractivity contribution in [3.63, 3.8) is 0 Å². The van der Waals surface area contributed by atoms with Crippen molar-refractivity contribution < 1.29 is 10.2 Å². The molecule has 0 unspecified atom stereocenters. The van der Waals surface area contributed by atoms with E-state index in [-0.39, 0.29) is 12.2 Å². The predicted molar refractivity (Wildman–Crippen MR) is 44.4 cm³/mol. The van der Waals surface area contributed by atoms with Crippen LogP contribution >= 0.6 is 0 Å². The van der Waals surface area contributed by atoms with Crippen LogP contribution in [0.15, 0.2) is 0 Å². The summed E-state index contributed by atoms with van der Waals surface area (Å²) in [6, 6.07) is 0. The van der Waals surface area contributed by atoms with Gasteiger partial charge in [-0.15, -0.1) is 0 Å². The van der Waals surface area contributed by atoms with Gasteiger partial charge in [0, 0.05) is 0 Å². The Morgan fingerprint density at radius 1 is 0.833 bits per heavy atom. The van der Waals surface area contributed by atoms with Crippen molar-refractivity contribution in [1.82, 2.24) is 0 Å². The number of fused-ring (bicyclic) bond motifs is 5. The van der Waals surface area contributed by atoms with E-state index >= 15 is 0 Å². The Bertz CT molecular complexity index is 204. The lowest BCUT2D eigenvalue weighted by molar-refractivity contribution is 0.0142. The molecule has 0 saturated heterocycles. The van der Waals surface area contributed by atoms with Gasteiger partial charge in [0.1, 0.15) is 0 Å². The lowest BCUT2D eigenvalue weighted by atomic mass is 9.79. The molecule has 0 aromatic rings. The molecule has 3 saturated carbocycles. The maximum absolute atomic E-state index is 9.73. The van der Waals surface area contributed by atoms with Gasteiger partial charge in [-0.1, -0.05) is 0 Å². The van der Waals surface area contributed by atoms with Gasteiger partial charge in [0.25, 0.3) is 0 Å². The molecule has 0 radical (unpaired) electrons. The summed E-state index contributed by atoms with van der Waals surface area (Å²) in [5.41, 5.74) is 0. The lowest BCUT2D eigenvalue weighted by Gasteiger charge is -2.30. The summed E-state index contributed by atoms with van der Waals surface area (Å²) in [6.07, 6.45) is 4.20. The van der Waals surface area contributed by atoms with E-state index in [1.807, 2.05) is 0 Å². The van der Waals surface area contributed by atoms with Crippen LogP contribution in [0, 0.1) is 23.7 Å². The van der Waals surface area contributed by atoms with Gasteiger partial charge in [-0.05, 0) is 49.4 Å². The summed E-state index contributed by atoms with van der Waals surface area (Å²) < 4.78 is 0. The van der Waals surface area contributed by atoms with Crippen LogP contribution in [0.4, 0.5) is 0 Å². The zero-order valence-electron chi connectivity index (χ0n) is 7.19. The topological polar surface area (TPSA) is 40.5 Å². The van der Waals surface area contributed by atoms with Crippen molar-refractivity contribution in [3.05, 3.63) is 0 Å². The maximum atomic E-state index is 9.73. The molecule has 0 aromatic carbocycles. The van der Waals surface area contributed by atoms with Crippen molar-refractivity contribution in [1.29, 1.82) is 0 Å². The minimum Gasteiger partial charge on any atom is -0.393 e. The third-order valence-corrected chi connectivity index (χ3v) is 4.45. The molecule has 2 nitrogen and oxygen atoms in total. The average molecular weight is 168 g/mol. The minimum atomic E-state index is -0.0973. The summed E-state index contributed by atoms with van der Waals surface area (Å²) >= 11 is 0. The molecule has 3 aliphatic rings. The second-order valence-electron chi connectivity index (χ2n) is 4.85. The molecule has 2 bridgehead atoms. The fourth-order valence-corrected chi connectivity index (χ4v) is 4.04. The summed E-state index contributed by atoms with van der Waals surface area (Å²) in [5.74, 6) is 2.40. The first-order valence-corrected chi connectivity index (χ1v) is 5.13. The molecule has 0 aliphatic heterocycles. The molecule has 0 amide bonds. The molecular formula is C10H16O2. The second-order valence-corrected chi connectivity index (χ2v) is 4.85. The molecule has 2 N–H and O–H groups in total. The van der Waals surface area contributed by atoms with E-state index in [0.717, 1.165) is 24.7 Å². The van der Waals surface area contributed by atoms with E-state index in [0.29, 0.717) is 11.8 Å². The van der Waals surface area contributed by atoms with Gasteiger partial charge in [0.05, 0.1) is 12.2 Å². The number of rotatable bonds is 0. The first kappa shape index (κ1) is 7.34. The minimum absolute atomic E-state index is 0.0935. The highest BCUT2D eigenvalue weighted by Gasteiger charge is 2.56. The molecule has 0 spiro atoms. The molecule has 68 valence electrons. The quantitative estimate of drug-likeness (QED) is 0.561. The number of hydrogen-bond donors (Lipinski definition) is 2. The summed E-state index contributed by atoms with van der Waals surface area (Å²) in [7, 11) is 0. The standard InChI is InChI=1S/C10H16O2/c11-8-2-1-6-5-3-7(10(6)8)9(12)4-5/h5-12H,1-4H2/t5-,6-,7+,8+,9-,10+/m1/s1. The predicted octanol–water partition coefficient (Wildman–Crippen LogP) is 0.774. The summed E-state index contributed by atoms with van der Waals surface area (Å²) in [6.45, 7) is 0. The first-order chi connectivity index (χ1) is 5.77. The van der Waals surface area contributed by atoms with Crippen molar-refractivity contribution in [2.45, 2.75) is 37.9 Å². The highest BCUT2D eigenvalue weighted by atomic mass is 16.3. The summed E-state index contributed by atoms with van der Waals surface area (Å²) in [5, 5.41) is 19.4. The smallest absolute Gasteiger partial charge is 0.0575 e. The van der Waals surface area contributed by atoms with Gasteiger partial charge >= 0.3 is 0 Å². The molecule has 3 aliphatic carbocycles. The maximum Gasteiger partial charge on any atom is 0.0575 e. The lowest BCUT2D eigenvalue weighted by Crippen LogP contribution is -2.33. The third kappa shape index (κ3) is 0.728. The van der Waals surface area contributed by atoms with E-state index in [1.54, 1.807) is 0 Å². The van der Waals surface area contributed by atoms with E-state index < -0.39 is 0 Å². The van der Waals surface area contributed by atoms with Crippen LogP contribution in [-0.2, 0) is 0 Å². The number of aliphatic hydroxyl groups excluding tert-OH is 2. The fraction of sp³-hybridized carbons (Fsp3) is 1.00. The van der Waals surface area contributed by atoms with Crippen LogP contribution in [-0.4, -0.2) is 22.4 Å². The Morgan fingerprint density at radius 3 is 2.50 bits per heavy atom. The number of hydrogen-bond acceptors (Lipinski definition) is 2. The normalized spacial score (nSPS) is 62.5. The van der Waals surface area contributed by atoms with Crippen LogP contribution in [0.2, 0.25) is 0 Å². The van der Waals surface area contributed by atoms with Gasteiger partial charge in [0.2, 0.25) is 0 Å². The molecule has 3 fully saturated rings. The van der Waals surface area contributed by atoms with Crippen LogP contribution in [0.5, 0.6) is 0 Å². The van der Waals surface area contributed by atoms with Crippen LogP contribution in [0.1, 0.15) is 25.7 Å². The molecule has 2 heteroatoms. The van der Waals surface area contributed by atoms with Gasteiger partial charge in [-0.25, -0.2) is 0 Å². The average Bonchev–Trinajstić information content (AvgIpc) is 2.62. The molecular weight excluding hydrogens is 152 g/mol. The van der Waals surface area contributed by atoms with Crippen LogP contribution < -0.4 is 0 Å². The molecule has 12 heavy (non-hydrogen) atoms. The molecule has 3 rings (SSSR count). The highest BCUT2D eigenvalue weighted by molar-refractivity contribution is 5.05. The van der Waals surface area contributed by atoms with Crippen molar-refractivity contribution in [2.24, 2.45) is 23.7 Å². The Balaban J connectivity index is 1.90. The molecule has 0 heterocycles. The Morgan fingerprint density at radius 2 is 1.67 bits per heavy atom. The largest absolute Gasteiger partial charge is 0.393 e. The Kier molecular flexibility index (Phi) is 1.37. The van der Waals surface area contributed by atoms with Crippen LogP contribution in [0.25, 0.3) is 0 Å². The zero-order valence-corrected chi connectivity index (χ0v) is 7.19. The van der Waals surface area contributed by atoms with Gasteiger partial charge < -0.3 is 10.2 Å². The van der Waals surface area contributed by atoms with Crippen LogP contribution in [0.3, 0.4) is 0 Å². The van der Waals surface area contributed by atoms with Gasteiger partial charge in [0.15, 0.2) is 0 Å². The fourth-order valence-electron chi connectivity index (χ4n) is 4.04. The van der Waals surface area contributed by atoms with Crippen molar-refractivity contribution in [3.8, 4) is 0 Å². The Hall–Kier alpha value is -0.0800. The van der Waals surface area contributed by atoms with E-state index in [4.69, 9.17) is 0 Å². The van der Waals surface area contributed by atoms with Crippen molar-refractivity contribution in [2.75, 3.05) is 0 Å². The molecule has 6 atom stereocenters. The second kappa shape index (κ2) is 2.24. The SMILES string of the molecule is O[C@@H]1C[C@H]2C[C@@H]1[C@@H]1[C@@H]2CC[C@@H]1O. The molecule has 0 aromatic heterocycles. The monoisotopic (exact) mass is 168 g/mol. The summed E-state index contributed by atoms with van der Waals surface area (Å²) in [4.78, 5) is 0. The van der Waals surface area contributed by atoms with Gasteiger partial charge in [-0.2, -0.15) is 0 Å². The zero-order chi connectivity index (χ0) is 8.29. The highest BCUT2D eigenvalue weighted by Crippen LogP contribution is 2.58.